The SMILES string of the molecule is CC[C@H](C(=O)Oc1c(S(=O)(=O)c2ccc([N+](=O)[O-])cc2)c(C)nn1-c1ccccc1)c1ccccc1. The fourth-order valence-corrected chi connectivity index (χ4v) is 5.41. The highest BCUT2D eigenvalue weighted by atomic mass is 32.2. The van der Waals surface area contributed by atoms with Gasteiger partial charge in [-0.1, -0.05) is 55.5 Å². The van der Waals surface area contributed by atoms with E-state index in [2.05, 4.69) is 5.10 Å². The van der Waals surface area contributed by atoms with Gasteiger partial charge < -0.3 is 4.74 Å². The van der Waals surface area contributed by atoms with E-state index in [-0.39, 0.29) is 27.1 Å². The number of para-hydroxylation sites is 1. The molecule has 0 amide bonds. The van der Waals surface area contributed by atoms with E-state index in [1.165, 1.54) is 11.6 Å². The number of ether oxygens (including phenoxy) is 1. The molecule has 0 saturated carbocycles. The Balaban J connectivity index is 1.85. The topological polar surface area (TPSA) is 121 Å². The van der Waals surface area contributed by atoms with Gasteiger partial charge in [-0.25, -0.2) is 8.42 Å². The maximum atomic E-state index is 13.7. The minimum absolute atomic E-state index is 0.118. The van der Waals surface area contributed by atoms with Gasteiger partial charge in [-0.05, 0) is 43.2 Å². The lowest BCUT2D eigenvalue weighted by Gasteiger charge is -2.16. The number of benzene rings is 3. The highest BCUT2D eigenvalue weighted by Gasteiger charge is 2.33. The summed E-state index contributed by atoms with van der Waals surface area (Å²) in [5.41, 5.74) is 1.12. The summed E-state index contributed by atoms with van der Waals surface area (Å²) in [6.07, 6.45) is 0.436. The van der Waals surface area contributed by atoms with Crippen LogP contribution in [0.25, 0.3) is 5.69 Å². The number of hydrogen-bond donors (Lipinski definition) is 0. The Kier molecular flexibility index (Phi) is 6.98. The molecule has 0 bridgehead atoms. The number of sulfone groups is 1. The summed E-state index contributed by atoms with van der Waals surface area (Å²) >= 11 is 0. The van der Waals surface area contributed by atoms with Crippen LogP contribution >= 0.6 is 0 Å². The lowest BCUT2D eigenvalue weighted by atomic mass is 9.97. The molecule has 9 nitrogen and oxygen atoms in total. The molecular weight excluding hydrogens is 482 g/mol. The first kappa shape index (κ1) is 24.8. The number of non-ortho nitro benzene ring substituents is 1. The van der Waals surface area contributed by atoms with Crippen molar-refractivity contribution in [1.82, 2.24) is 9.78 Å². The van der Waals surface area contributed by atoms with E-state index < -0.39 is 26.6 Å². The van der Waals surface area contributed by atoms with Crippen molar-refractivity contribution in [3.8, 4) is 11.6 Å². The third-order valence-corrected chi connectivity index (χ3v) is 7.58. The molecule has 10 heteroatoms. The molecular formula is C26H23N3O6S. The van der Waals surface area contributed by atoms with E-state index in [1.807, 2.05) is 37.3 Å². The molecule has 0 spiro atoms. The first-order valence-corrected chi connectivity index (χ1v) is 12.6. The zero-order chi connectivity index (χ0) is 25.9. The van der Waals surface area contributed by atoms with Gasteiger partial charge in [0.15, 0.2) is 4.90 Å². The van der Waals surface area contributed by atoms with Crippen molar-refractivity contribution in [3.05, 3.63) is 106 Å². The smallest absolute Gasteiger partial charge is 0.320 e. The van der Waals surface area contributed by atoms with Crippen LogP contribution in [0.1, 0.15) is 30.5 Å². The lowest BCUT2D eigenvalue weighted by molar-refractivity contribution is -0.384. The number of esters is 1. The van der Waals surface area contributed by atoms with Gasteiger partial charge in [0.05, 0.1) is 27.1 Å². The molecule has 0 radical (unpaired) electrons. The first-order chi connectivity index (χ1) is 17.2. The Morgan fingerprint density at radius 3 is 2.14 bits per heavy atom. The summed E-state index contributed by atoms with van der Waals surface area (Å²) in [7, 11) is -4.26. The molecule has 1 heterocycles. The Labute approximate surface area is 208 Å². The molecule has 4 aromatic rings. The van der Waals surface area contributed by atoms with E-state index in [0.29, 0.717) is 12.1 Å². The Morgan fingerprint density at radius 1 is 1.00 bits per heavy atom. The van der Waals surface area contributed by atoms with Gasteiger partial charge >= 0.3 is 5.97 Å². The molecule has 184 valence electrons. The van der Waals surface area contributed by atoms with Crippen LogP contribution in [0.5, 0.6) is 5.88 Å². The largest absolute Gasteiger partial charge is 0.405 e. The predicted octanol–water partition coefficient (Wildman–Crippen LogP) is 5.02. The quantitative estimate of drug-likeness (QED) is 0.187. The number of aromatic nitrogens is 2. The van der Waals surface area contributed by atoms with Crippen LogP contribution < -0.4 is 4.74 Å². The number of hydrogen-bond acceptors (Lipinski definition) is 7. The Hall–Kier alpha value is -4.31. The average molecular weight is 506 g/mol. The third kappa shape index (κ3) is 4.76. The second-order valence-corrected chi connectivity index (χ2v) is 9.90. The molecule has 36 heavy (non-hydrogen) atoms. The number of rotatable bonds is 8. The van der Waals surface area contributed by atoms with Crippen LogP contribution in [0.4, 0.5) is 5.69 Å². The van der Waals surface area contributed by atoms with Crippen molar-refractivity contribution in [1.29, 1.82) is 0 Å². The van der Waals surface area contributed by atoms with E-state index in [9.17, 15) is 23.3 Å². The molecule has 0 aliphatic rings. The van der Waals surface area contributed by atoms with E-state index in [4.69, 9.17) is 4.74 Å². The number of nitro groups is 1. The van der Waals surface area contributed by atoms with Crippen LogP contribution in [0, 0.1) is 17.0 Å². The molecule has 0 aliphatic heterocycles. The monoisotopic (exact) mass is 505 g/mol. The number of carbonyl (C=O) groups is 1. The highest BCUT2D eigenvalue weighted by molar-refractivity contribution is 7.91. The summed E-state index contributed by atoms with van der Waals surface area (Å²) in [6.45, 7) is 3.34. The minimum atomic E-state index is -4.26. The Morgan fingerprint density at radius 2 is 1.58 bits per heavy atom. The highest BCUT2D eigenvalue weighted by Crippen LogP contribution is 2.36. The van der Waals surface area contributed by atoms with Crippen molar-refractivity contribution in [2.45, 2.75) is 36.0 Å². The van der Waals surface area contributed by atoms with Crippen molar-refractivity contribution < 1.29 is 22.9 Å². The number of aryl methyl sites for hydroxylation is 1. The molecule has 3 aromatic carbocycles. The number of carbonyl (C=O) groups excluding carboxylic acids is 1. The lowest BCUT2D eigenvalue weighted by Crippen LogP contribution is -2.21. The fourth-order valence-electron chi connectivity index (χ4n) is 3.89. The molecule has 0 unspecified atom stereocenters. The molecule has 0 saturated heterocycles. The van der Waals surface area contributed by atoms with Gasteiger partial charge in [-0.2, -0.15) is 9.78 Å². The van der Waals surface area contributed by atoms with Crippen LogP contribution in [0.15, 0.2) is 94.7 Å². The molecule has 0 N–H and O–H groups in total. The average Bonchev–Trinajstić information content (AvgIpc) is 3.22. The van der Waals surface area contributed by atoms with Crippen molar-refractivity contribution in [2.24, 2.45) is 0 Å². The summed E-state index contributed by atoms with van der Waals surface area (Å²) in [5, 5.41) is 15.4. The van der Waals surface area contributed by atoms with Gasteiger partial charge in [0.1, 0.15) is 0 Å². The van der Waals surface area contributed by atoms with E-state index in [0.717, 1.165) is 29.8 Å². The van der Waals surface area contributed by atoms with Crippen LogP contribution in [0.2, 0.25) is 0 Å². The van der Waals surface area contributed by atoms with Gasteiger partial charge in [0.25, 0.3) is 5.69 Å². The molecule has 0 aliphatic carbocycles. The van der Waals surface area contributed by atoms with Crippen molar-refractivity contribution in [3.63, 3.8) is 0 Å². The van der Waals surface area contributed by atoms with Gasteiger partial charge in [-0.15, -0.1) is 0 Å². The van der Waals surface area contributed by atoms with Crippen molar-refractivity contribution >= 4 is 21.5 Å². The molecule has 0 fully saturated rings. The number of nitro benzene ring substituents is 1. The van der Waals surface area contributed by atoms with Crippen LogP contribution in [-0.2, 0) is 14.6 Å². The predicted molar refractivity (Wildman–Crippen MR) is 132 cm³/mol. The fraction of sp³-hybridized carbons (Fsp3) is 0.154. The van der Waals surface area contributed by atoms with Gasteiger partial charge in [0, 0.05) is 12.1 Å². The zero-order valence-electron chi connectivity index (χ0n) is 19.6. The van der Waals surface area contributed by atoms with Crippen LogP contribution in [0.3, 0.4) is 0 Å². The summed E-state index contributed by atoms with van der Waals surface area (Å²) in [6, 6.07) is 22.3. The zero-order valence-corrected chi connectivity index (χ0v) is 20.4. The summed E-state index contributed by atoms with van der Waals surface area (Å²) in [5.74, 6) is -1.49. The second-order valence-electron chi connectivity index (χ2n) is 8.01. The second kappa shape index (κ2) is 10.1. The molecule has 4 rings (SSSR count). The van der Waals surface area contributed by atoms with Gasteiger partial charge in [-0.3, -0.25) is 14.9 Å². The van der Waals surface area contributed by atoms with Gasteiger partial charge in [0.2, 0.25) is 15.7 Å². The molecule has 1 atom stereocenters. The maximum absolute atomic E-state index is 13.7. The van der Waals surface area contributed by atoms with Crippen molar-refractivity contribution in [2.75, 3.05) is 0 Å². The maximum Gasteiger partial charge on any atom is 0.320 e. The third-order valence-electron chi connectivity index (χ3n) is 5.68. The first-order valence-electron chi connectivity index (χ1n) is 11.1. The minimum Gasteiger partial charge on any atom is -0.405 e. The van der Waals surface area contributed by atoms with Crippen LogP contribution in [-0.4, -0.2) is 29.1 Å². The summed E-state index contributed by atoms with van der Waals surface area (Å²) < 4.78 is 34.4. The standard InChI is InChI=1S/C26H23N3O6S/c1-3-23(19-10-6-4-7-11-19)26(30)35-25-24(18(2)27-28(25)20-12-8-5-9-13-20)36(33,34)22-16-14-21(15-17-22)29(31)32/h4-17,23H,3H2,1-2H3/t23-/m0/s1. The summed E-state index contributed by atoms with van der Waals surface area (Å²) in [4.78, 5) is 23.3. The normalized spacial score (nSPS) is 12.2. The Bertz CT molecular complexity index is 1500. The van der Waals surface area contributed by atoms with E-state index in [1.54, 1.807) is 30.3 Å². The number of nitrogens with zero attached hydrogens (tertiary/aromatic N) is 3. The van der Waals surface area contributed by atoms with E-state index >= 15 is 0 Å². The molecule has 1 aromatic heterocycles.